The van der Waals surface area contributed by atoms with E-state index in [0.717, 1.165) is 63.8 Å². The van der Waals surface area contributed by atoms with Crippen molar-refractivity contribution >= 4 is 33.2 Å². The lowest BCUT2D eigenvalue weighted by molar-refractivity contribution is -0.174. The van der Waals surface area contributed by atoms with Gasteiger partial charge in [-0.25, -0.2) is 4.79 Å². The van der Waals surface area contributed by atoms with Crippen LogP contribution in [0.4, 0.5) is 4.79 Å². The number of benzene rings is 3. The zero-order valence-corrected chi connectivity index (χ0v) is 32.4. The van der Waals surface area contributed by atoms with Gasteiger partial charge in [0.15, 0.2) is 5.78 Å². The Bertz CT molecular complexity index is 2130. The van der Waals surface area contributed by atoms with Crippen molar-refractivity contribution in [1.29, 1.82) is 0 Å². The number of amides is 2. The lowest BCUT2D eigenvalue weighted by Gasteiger charge is -2.71. The highest BCUT2D eigenvalue weighted by molar-refractivity contribution is 7.21. The molecule has 1 aromatic heterocycles. The number of ketones is 1. The van der Waals surface area contributed by atoms with Crippen LogP contribution >= 0.6 is 11.3 Å². The van der Waals surface area contributed by atoms with Crippen LogP contribution in [0.3, 0.4) is 0 Å². The van der Waals surface area contributed by atoms with Gasteiger partial charge in [0.05, 0.1) is 29.2 Å². The number of hydrogen-bond donors (Lipinski definition) is 3. The summed E-state index contributed by atoms with van der Waals surface area (Å²) in [7, 11) is 0. The number of rotatable bonds is 8. The Balaban J connectivity index is 1.10. The number of fused-ring (bicyclic) bond motifs is 2. The van der Waals surface area contributed by atoms with E-state index in [4.69, 9.17) is 0 Å². The van der Waals surface area contributed by atoms with Crippen LogP contribution in [0, 0.1) is 33.5 Å². The fraction of sp³-hybridized carbons (Fsp3) is 0.447. The van der Waals surface area contributed by atoms with Crippen molar-refractivity contribution in [1.82, 2.24) is 10.2 Å². The van der Waals surface area contributed by atoms with E-state index in [2.05, 4.69) is 55.6 Å². The van der Waals surface area contributed by atoms with E-state index in [9.17, 15) is 15.0 Å². The molecule has 9 atom stereocenters. The molecule has 3 aromatic carbocycles. The number of Topliss-reactive ketones (excluding diaryl/α,β-unsaturated/α-hetero) is 1. The minimum Gasteiger partial charge on any atom is -0.393 e. The molecule has 6 aliphatic rings. The Morgan fingerprint density at radius 3 is 2.30 bits per heavy atom. The van der Waals surface area contributed by atoms with E-state index in [1.807, 2.05) is 84.6 Å². The Kier molecular flexibility index (Phi) is 8.42. The van der Waals surface area contributed by atoms with Crippen LogP contribution in [0.25, 0.3) is 10.1 Å². The van der Waals surface area contributed by atoms with Gasteiger partial charge >= 0.3 is 6.03 Å². The Labute approximate surface area is 323 Å². The van der Waals surface area contributed by atoms with Crippen LogP contribution < -0.4 is 5.32 Å². The highest BCUT2D eigenvalue weighted by Crippen LogP contribution is 2.78. The number of nitrogens with zero attached hydrogens (tertiary/aromatic N) is 1. The monoisotopic (exact) mass is 740 g/mol. The summed E-state index contributed by atoms with van der Waals surface area (Å²) in [6, 6.07) is 29.9. The molecule has 0 saturated heterocycles. The maximum Gasteiger partial charge on any atom is 0.318 e. The molecule has 0 aliphatic heterocycles. The minimum absolute atomic E-state index is 0.00133. The molecule has 3 fully saturated rings. The number of thiophene rings is 1. The summed E-state index contributed by atoms with van der Waals surface area (Å²) in [6.07, 6.45) is 11.9. The lowest BCUT2D eigenvalue weighted by Crippen LogP contribution is -2.67. The molecule has 6 nitrogen and oxygen atoms in total. The van der Waals surface area contributed by atoms with Crippen molar-refractivity contribution in [2.24, 2.45) is 33.5 Å². The molecule has 4 aromatic rings. The van der Waals surface area contributed by atoms with Gasteiger partial charge < -0.3 is 20.4 Å². The summed E-state index contributed by atoms with van der Waals surface area (Å²) in [4.78, 5) is 32.0. The summed E-state index contributed by atoms with van der Waals surface area (Å²) >= 11 is 1.56. The van der Waals surface area contributed by atoms with Crippen molar-refractivity contribution in [3.63, 3.8) is 0 Å². The van der Waals surface area contributed by atoms with Crippen LogP contribution in [0.15, 0.2) is 115 Å². The third-order valence-corrected chi connectivity index (χ3v) is 16.3. The predicted molar refractivity (Wildman–Crippen MR) is 215 cm³/mol. The topological polar surface area (TPSA) is 89.9 Å². The largest absolute Gasteiger partial charge is 0.393 e. The summed E-state index contributed by atoms with van der Waals surface area (Å²) in [5.41, 5.74) is 0.113. The van der Waals surface area contributed by atoms with E-state index in [0.29, 0.717) is 19.4 Å². The average molecular weight is 741 g/mol. The van der Waals surface area contributed by atoms with Gasteiger partial charge in [-0.05, 0) is 97.8 Å². The lowest BCUT2D eigenvalue weighted by atomic mass is 9.32. The molecular weight excluding hydrogens is 689 g/mol. The molecule has 2 bridgehead atoms. The minimum atomic E-state index is -1.17. The second kappa shape index (κ2) is 12.8. The number of aliphatic hydroxyl groups excluding tert-OH is 1. The normalized spacial score (nSPS) is 35.4. The molecule has 9 unspecified atom stereocenters. The molecule has 6 aliphatic carbocycles. The molecular formula is C47H52N2O4S. The molecule has 10 rings (SSSR count). The molecule has 1 heterocycles. The molecule has 3 saturated carbocycles. The average Bonchev–Trinajstić information content (AvgIpc) is 3.73. The molecule has 3 N–H and O–H groups in total. The zero-order chi connectivity index (χ0) is 37.5. The van der Waals surface area contributed by atoms with Crippen LogP contribution in [-0.4, -0.2) is 45.2 Å². The smallest absolute Gasteiger partial charge is 0.318 e. The van der Waals surface area contributed by atoms with Gasteiger partial charge in [-0.15, -0.1) is 11.3 Å². The first-order valence-electron chi connectivity index (χ1n) is 19.9. The van der Waals surface area contributed by atoms with E-state index in [1.165, 1.54) is 0 Å². The number of nitrogens with one attached hydrogen (secondary N) is 1. The van der Waals surface area contributed by atoms with E-state index >= 15 is 4.79 Å². The van der Waals surface area contributed by atoms with Crippen molar-refractivity contribution in [3.05, 3.63) is 131 Å². The molecule has 280 valence electrons. The van der Waals surface area contributed by atoms with Crippen molar-refractivity contribution in [2.75, 3.05) is 6.54 Å². The van der Waals surface area contributed by atoms with Gasteiger partial charge in [0, 0.05) is 33.1 Å². The van der Waals surface area contributed by atoms with Gasteiger partial charge in [-0.2, -0.15) is 0 Å². The first-order valence-corrected chi connectivity index (χ1v) is 20.7. The standard InChI is InChI=1S/C47H52N2O4S/c1-31(33-14-8-5-9-15-33)48-42(52)49(29-32-12-6-4-7-13-32)30-46(53)23-20-40-44(46,3)22-19-39-43(2)21-18-35(50)27-45(43)24-25-47(39,40)36(28-45)41(51)38-26-34-16-10-11-17-37(34)54-38/h4-17,24-26,28,31,35,39-40,50,53H,18-23,27,29-30H2,1-3H3,(H,48,52). The number of allylic oxidation sites excluding steroid dienone is 4. The first kappa shape index (κ1) is 35.6. The molecule has 0 radical (unpaired) electrons. The predicted octanol–water partition coefficient (Wildman–Crippen LogP) is 9.65. The second-order valence-corrected chi connectivity index (χ2v) is 18.8. The Morgan fingerprint density at radius 2 is 1.54 bits per heavy atom. The van der Waals surface area contributed by atoms with E-state index in [1.54, 1.807) is 11.3 Å². The molecule has 2 amide bonds. The van der Waals surface area contributed by atoms with Gasteiger partial charge in [-0.1, -0.05) is 111 Å². The number of carbonyl (C=O) groups is 2. The van der Waals surface area contributed by atoms with Gasteiger partial charge in [0.25, 0.3) is 0 Å². The van der Waals surface area contributed by atoms with Crippen LogP contribution in [0.2, 0.25) is 0 Å². The van der Waals surface area contributed by atoms with Crippen LogP contribution in [0.5, 0.6) is 0 Å². The zero-order valence-electron chi connectivity index (χ0n) is 31.6. The molecule has 54 heavy (non-hydrogen) atoms. The third-order valence-electron chi connectivity index (χ3n) is 15.2. The van der Waals surface area contributed by atoms with Gasteiger partial charge in [0.1, 0.15) is 0 Å². The van der Waals surface area contributed by atoms with Crippen LogP contribution in [-0.2, 0) is 6.54 Å². The summed E-state index contributed by atoms with van der Waals surface area (Å²) in [6.45, 7) is 7.25. The SMILES string of the molecule is CC(NC(=O)N(Cc1ccccc1)CC1(O)CCC2C34C=CC5(C=C3C(=O)c3cc6ccccc6s3)CC(O)CCC5(C)C4CCC21C)c1ccccc1. The number of aliphatic hydroxyl groups is 2. The number of carbonyl (C=O) groups excluding carboxylic acids is 2. The number of urea groups is 1. The Morgan fingerprint density at radius 1 is 0.870 bits per heavy atom. The van der Waals surface area contributed by atoms with Gasteiger partial charge in [-0.3, -0.25) is 4.79 Å². The van der Waals surface area contributed by atoms with Crippen LogP contribution in [0.1, 0.15) is 92.6 Å². The fourth-order valence-electron chi connectivity index (χ4n) is 12.2. The molecule has 7 heteroatoms. The van der Waals surface area contributed by atoms with Crippen molar-refractivity contribution < 1.29 is 19.8 Å². The quantitative estimate of drug-likeness (QED) is 0.124. The molecule has 2 spiro atoms. The second-order valence-electron chi connectivity index (χ2n) is 17.7. The summed E-state index contributed by atoms with van der Waals surface area (Å²) in [5, 5.41) is 28.6. The van der Waals surface area contributed by atoms with Gasteiger partial charge in [0.2, 0.25) is 0 Å². The third kappa shape index (κ3) is 5.17. The highest BCUT2D eigenvalue weighted by Gasteiger charge is 2.74. The first-order chi connectivity index (χ1) is 25.9. The fourth-order valence-corrected chi connectivity index (χ4v) is 13.3. The summed E-state index contributed by atoms with van der Waals surface area (Å²) < 4.78 is 1.10. The van der Waals surface area contributed by atoms with E-state index < -0.39 is 22.5 Å². The van der Waals surface area contributed by atoms with Crippen molar-refractivity contribution in [2.45, 2.75) is 90.0 Å². The van der Waals surface area contributed by atoms with Crippen molar-refractivity contribution in [3.8, 4) is 0 Å². The maximum atomic E-state index is 15.1. The maximum absolute atomic E-state index is 15.1. The Hall–Kier alpha value is -4.04. The summed E-state index contributed by atoms with van der Waals surface area (Å²) in [5.74, 6) is 0.296. The highest BCUT2D eigenvalue weighted by atomic mass is 32.1. The van der Waals surface area contributed by atoms with E-state index in [-0.39, 0.29) is 47.1 Å². The number of hydrogen-bond acceptors (Lipinski definition) is 5.